The summed E-state index contributed by atoms with van der Waals surface area (Å²) >= 11 is 0. The van der Waals surface area contributed by atoms with Crippen molar-refractivity contribution >= 4 is 6.03 Å². The molecule has 0 unspecified atom stereocenters. The normalized spacial score (nSPS) is 17.8. The van der Waals surface area contributed by atoms with Crippen LogP contribution in [0.15, 0.2) is 47.5 Å². The van der Waals surface area contributed by atoms with Crippen molar-refractivity contribution in [3.63, 3.8) is 0 Å². The van der Waals surface area contributed by atoms with Crippen LogP contribution in [0.5, 0.6) is 0 Å². The maximum Gasteiger partial charge on any atom is 0.315 e. The molecule has 3 heterocycles. The Kier molecular flexibility index (Phi) is 4.66. The van der Waals surface area contributed by atoms with Crippen molar-refractivity contribution in [1.82, 2.24) is 25.2 Å². The number of imidazole rings is 1. The van der Waals surface area contributed by atoms with E-state index in [0.29, 0.717) is 6.54 Å². The molecule has 4 rings (SSSR count). The van der Waals surface area contributed by atoms with Gasteiger partial charge < -0.3 is 15.1 Å². The van der Waals surface area contributed by atoms with Crippen LogP contribution < -0.4 is 10.6 Å². The van der Waals surface area contributed by atoms with Crippen LogP contribution in [-0.4, -0.2) is 20.6 Å². The molecule has 0 aliphatic heterocycles. The van der Waals surface area contributed by atoms with Gasteiger partial charge in [-0.25, -0.2) is 14.8 Å². The number of carbonyl (C=O) groups is 1. The molecule has 1 atom stereocenters. The highest BCUT2D eigenvalue weighted by atomic mass is 16.3. The van der Waals surface area contributed by atoms with Crippen LogP contribution in [0.25, 0.3) is 5.82 Å². The van der Waals surface area contributed by atoms with E-state index in [9.17, 15) is 4.79 Å². The molecule has 7 nitrogen and oxygen atoms in total. The summed E-state index contributed by atoms with van der Waals surface area (Å²) in [5, 5.41) is 6.03. The Bertz CT molecular complexity index is 957. The zero-order chi connectivity index (χ0) is 19.7. The lowest BCUT2D eigenvalue weighted by atomic mass is 9.75. The summed E-state index contributed by atoms with van der Waals surface area (Å²) < 4.78 is 7.67. The molecule has 28 heavy (non-hydrogen) atoms. The van der Waals surface area contributed by atoms with Gasteiger partial charge in [-0.15, -0.1) is 0 Å². The van der Waals surface area contributed by atoms with E-state index in [-0.39, 0.29) is 17.5 Å². The van der Waals surface area contributed by atoms with Gasteiger partial charge in [0, 0.05) is 37.1 Å². The average Bonchev–Trinajstić information content (AvgIpc) is 3.29. The molecule has 0 bridgehead atoms. The molecule has 3 aromatic heterocycles. The van der Waals surface area contributed by atoms with E-state index in [4.69, 9.17) is 4.42 Å². The van der Waals surface area contributed by atoms with Gasteiger partial charge in [-0.05, 0) is 36.5 Å². The first-order valence-corrected chi connectivity index (χ1v) is 9.46. The molecular weight excluding hydrogens is 354 g/mol. The predicted octanol–water partition coefficient (Wildman–Crippen LogP) is 3.68. The number of hydrogen-bond donors (Lipinski definition) is 2. The van der Waals surface area contributed by atoms with Crippen molar-refractivity contribution in [1.29, 1.82) is 0 Å². The van der Waals surface area contributed by atoms with Crippen LogP contribution in [0.1, 0.15) is 49.0 Å². The number of amides is 2. The Morgan fingerprint density at radius 1 is 1.39 bits per heavy atom. The number of aromatic nitrogens is 3. The SMILES string of the molecule is Cc1cc2c(o1)CC(C)(C)C[C@@H]2NC(=O)NCc1ccc(-n2ccnc2)nc1. The van der Waals surface area contributed by atoms with Gasteiger partial charge in [0.15, 0.2) is 0 Å². The third kappa shape index (κ3) is 3.93. The van der Waals surface area contributed by atoms with Gasteiger partial charge in [0.05, 0.1) is 6.04 Å². The standard InChI is InChI=1S/C21H25N5O2/c1-14-8-16-17(9-21(2,3)10-18(16)28-14)25-20(27)24-12-15-4-5-19(23-11-15)26-7-6-22-13-26/h4-8,11,13,17H,9-10,12H2,1-3H3,(H2,24,25,27)/t17-/m0/s1. The van der Waals surface area contributed by atoms with Crippen LogP contribution in [0.3, 0.4) is 0 Å². The van der Waals surface area contributed by atoms with E-state index < -0.39 is 0 Å². The number of furan rings is 1. The summed E-state index contributed by atoms with van der Waals surface area (Å²) in [4.78, 5) is 20.9. The minimum Gasteiger partial charge on any atom is -0.466 e. The van der Waals surface area contributed by atoms with Crippen molar-refractivity contribution in [2.45, 2.75) is 46.2 Å². The summed E-state index contributed by atoms with van der Waals surface area (Å²) in [6.07, 6.45) is 8.78. The summed E-state index contributed by atoms with van der Waals surface area (Å²) in [5.74, 6) is 2.66. The Balaban J connectivity index is 1.37. The Hall–Kier alpha value is -3.09. The molecule has 7 heteroatoms. The van der Waals surface area contributed by atoms with Crippen LogP contribution in [0.4, 0.5) is 4.79 Å². The minimum atomic E-state index is -0.189. The molecule has 1 aliphatic carbocycles. The zero-order valence-corrected chi connectivity index (χ0v) is 16.4. The first-order valence-electron chi connectivity index (χ1n) is 9.46. The Morgan fingerprint density at radius 2 is 2.25 bits per heavy atom. The number of pyridine rings is 1. The quantitative estimate of drug-likeness (QED) is 0.724. The van der Waals surface area contributed by atoms with Gasteiger partial charge in [0.1, 0.15) is 23.7 Å². The maximum atomic E-state index is 12.5. The molecule has 0 spiro atoms. The van der Waals surface area contributed by atoms with E-state index in [0.717, 1.165) is 41.3 Å². The van der Waals surface area contributed by atoms with Gasteiger partial charge in [-0.3, -0.25) is 4.57 Å². The second-order valence-corrected chi connectivity index (χ2v) is 8.15. The molecule has 2 amide bonds. The van der Waals surface area contributed by atoms with Crippen molar-refractivity contribution in [3.8, 4) is 5.82 Å². The topological polar surface area (TPSA) is 85.0 Å². The largest absolute Gasteiger partial charge is 0.466 e. The molecule has 0 radical (unpaired) electrons. The first-order chi connectivity index (χ1) is 13.4. The van der Waals surface area contributed by atoms with Crippen molar-refractivity contribution < 1.29 is 9.21 Å². The smallest absolute Gasteiger partial charge is 0.315 e. The van der Waals surface area contributed by atoms with E-state index >= 15 is 0 Å². The lowest BCUT2D eigenvalue weighted by Gasteiger charge is -2.34. The lowest BCUT2D eigenvalue weighted by molar-refractivity contribution is 0.214. The molecule has 146 valence electrons. The predicted molar refractivity (Wildman–Crippen MR) is 105 cm³/mol. The van der Waals surface area contributed by atoms with Crippen LogP contribution in [-0.2, 0) is 13.0 Å². The number of nitrogens with zero attached hydrogens (tertiary/aromatic N) is 3. The molecule has 0 fully saturated rings. The highest BCUT2D eigenvalue weighted by molar-refractivity contribution is 5.74. The van der Waals surface area contributed by atoms with E-state index in [2.05, 4.69) is 34.4 Å². The highest BCUT2D eigenvalue weighted by Gasteiger charge is 2.35. The lowest BCUT2D eigenvalue weighted by Crippen LogP contribution is -2.41. The maximum absolute atomic E-state index is 12.5. The van der Waals surface area contributed by atoms with Crippen molar-refractivity contribution in [3.05, 3.63) is 65.8 Å². The second kappa shape index (κ2) is 7.14. The second-order valence-electron chi connectivity index (χ2n) is 8.15. The fourth-order valence-corrected chi connectivity index (χ4v) is 3.77. The molecule has 0 saturated carbocycles. The van der Waals surface area contributed by atoms with Crippen LogP contribution in [0.2, 0.25) is 0 Å². The number of hydrogen-bond acceptors (Lipinski definition) is 4. The van der Waals surface area contributed by atoms with Gasteiger partial charge in [-0.2, -0.15) is 0 Å². The third-order valence-electron chi connectivity index (χ3n) is 5.07. The summed E-state index contributed by atoms with van der Waals surface area (Å²) in [6.45, 7) is 6.76. The fraction of sp³-hybridized carbons (Fsp3) is 0.381. The first kappa shape index (κ1) is 18.3. The van der Waals surface area contributed by atoms with Gasteiger partial charge >= 0.3 is 6.03 Å². The average molecular weight is 379 g/mol. The third-order valence-corrected chi connectivity index (χ3v) is 5.07. The molecule has 0 saturated heterocycles. The molecular formula is C21H25N5O2. The number of rotatable bonds is 4. The van der Waals surface area contributed by atoms with E-state index in [1.54, 1.807) is 18.7 Å². The fourth-order valence-electron chi connectivity index (χ4n) is 3.77. The Morgan fingerprint density at radius 3 is 2.96 bits per heavy atom. The number of aryl methyl sites for hydroxylation is 1. The van der Waals surface area contributed by atoms with E-state index in [1.807, 2.05) is 35.9 Å². The van der Waals surface area contributed by atoms with Crippen molar-refractivity contribution in [2.75, 3.05) is 0 Å². The van der Waals surface area contributed by atoms with Crippen LogP contribution >= 0.6 is 0 Å². The van der Waals surface area contributed by atoms with Gasteiger partial charge in [0.25, 0.3) is 0 Å². The number of nitrogens with one attached hydrogen (secondary N) is 2. The number of fused-ring (bicyclic) bond motifs is 1. The molecule has 3 aromatic rings. The number of carbonyl (C=O) groups excluding carboxylic acids is 1. The monoisotopic (exact) mass is 379 g/mol. The summed E-state index contributed by atoms with van der Waals surface area (Å²) in [5.41, 5.74) is 2.11. The number of urea groups is 1. The van der Waals surface area contributed by atoms with E-state index in [1.165, 1.54) is 0 Å². The zero-order valence-electron chi connectivity index (χ0n) is 16.4. The minimum absolute atomic E-state index is 0.0436. The highest BCUT2D eigenvalue weighted by Crippen LogP contribution is 2.41. The van der Waals surface area contributed by atoms with Gasteiger partial charge in [0.2, 0.25) is 0 Å². The summed E-state index contributed by atoms with van der Waals surface area (Å²) in [7, 11) is 0. The van der Waals surface area contributed by atoms with Gasteiger partial charge in [-0.1, -0.05) is 19.9 Å². The molecule has 2 N–H and O–H groups in total. The summed E-state index contributed by atoms with van der Waals surface area (Å²) in [6, 6.07) is 5.66. The molecule has 0 aromatic carbocycles. The Labute approximate surface area is 164 Å². The van der Waals surface area contributed by atoms with Crippen LogP contribution in [0, 0.1) is 12.3 Å². The van der Waals surface area contributed by atoms with Crippen molar-refractivity contribution in [2.24, 2.45) is 5.41 Å². The molecule has 1 aliphatic rings.